The van der Waals surface area contributed by atoms with Crippen molar-refractivity contribution in [2.24, 2.45) is 0 Å². The smallest absolute Gasteiger partial charge is 0.322 e. The molecular formula is C12H23NO2S. The Bertz CT molecular complexity index is 260. The first-order valence-electron chi connectivity index (χ1n) is 6.07. The monoisotopic (exact) mass is 245 g/mol. The molecule has 1 heterocycles. The van der Waals surface area contributed by atoms with Gasteiger partial charge in [-0.25, -0.2) is 0 Å². The van der Waals surface area contributed by atoms with E-state index in [1.54, 1.807) is 0 Å². The molecule has 0 amide bonds. The quantitative estimate of drug-likeness (QED) is 0.782. The first kappa shape index (κ1) is 13.8. The van der Waals surface area contributed by atoms with Gasteiger partial charge in [0.1, 0.15) is 6.04 Å². The maximum atomic E-state index is 11.2. The van der Waals surface area contributed by atoms with Crippen LogP contribution in [0.3, 0.4) is 0 Å². The highest BCUT2D eigenvalue weighted by Crippen LogP contribution is 2.49. The number of carbonyl (C=O) groups is 1. The van der Waals surface area contributed by atoms with Crippen molar-refractivity contribution >= 4 is 17.7 Å². The topological polar surface area (TPSA) is 49.3 Å². The van der Waals surface area contributed by atoms with E-state index in [-0.39, 0.29) is 9.62 Å². The van der Waals surface area contributed by atoms with Gasteiger partial charge in [0.2, 0.25) is 0 Å². The lowest BCUT2D eigenvalue weighted by Gasteiger charge is -2.29. The van der Waals surface area contributed by atoms with Gasteiger partial charge in [-0.15, -0.1) is 11.8 Å². The number of hydrogen-bond donors (Lipinski definition) is 2. The maximum Gasteiger partial charge on any atom is 0.322 e. The molecule has 1 fully saturated rings. The summed E-state index contributed by atoms with van der Waals surface area (Å²) in [7, 11) is 0. The SMILES string of the molecule is CCCC1(CCC)NC(C(=O)O)C(C)(C)S1. The van der Waals surface area contributed by atoms with E-state index >= 15 is 0 Å². The van der Waals surface area contributed by atoms with E-state index in [1.165, 1.54) is 0 Å². The molecule has 1 rings (SSSR count). The zero-order valence-corrected chi connectivity index (χ0v) is 11.5. The van der Waals surface area contributed by atoms with E-state index < -0.39 is 12.0 Å². The lowest BCUT2D eigenvalue weighted by molar-refractivity contribution is -0.140. The average molecular weight is 245 g/mol. The number of thioether (sulfide) groups is 1. The molecule has 0 aromatic carbocycles. The Kier molecular flexibility index (Phi) is 4.29. The van der Waals surface area contributed by atoms with Gasteiger partial charge in [-0.1, -0.05) is 26.7 Å². The van der Waals surface area contributed by atoms with Crippen molar-refractivity contribution in [2.75, 3.05) is 0 Å². The molecule has 0 radical (unpaired) electrons. The fourth-order valence-electron chi connectivity index (χ4n) is 2.57. The van der Waals surface area contributed by atoms with E-state index in [2.05, 4.69) is 19.2 Å². The predicted octanol–water partition coefficient (Wildman–Crippen LogP) is 2.85. The first-order valence-corrected chi connectivity index (χ1v) is 6.89. The Morgan fingerprint density at radius 2 is 1.81 bits per heavy atom. The van der Waals surface area contributed by atoms with Gasteiger partial charge in [0.15, 0.2) is 0 Å². The van der Waals surface area contributed by atoms with Crippen LogP contribution in [0.25, 0.3) is 0 Å². The molecule has 0 spiro atoms. The summed E-state index contributed by atoms with van der Waals surface area (Å²) in [5, 5.41) is 12.6. The molecule has 1 unspecified atom stereocenters. The van der Waals surface area contributed by atoms with Crippen LogP contribution in [0.1, 0.15) is 53.4 Å². The van der Waals surface area contributed by atoms with Gasteiger partial charge in [-0.3, -0.25) is 10.1 Å². The Labute approximate surface area is 102 Å². The fraction of sp³-hybridized carbons (Fsp3) is 0.917. The van der Waals surface area contributed by atoms with Gasteiger partial charge in [0.05, 0.1) is 4.87 Å². The highest BCUT2D eigenvalue weighted by molar-refractivity contribution is 8.02. The predicted molar refractivity (Wildman–Crippen MR) is 68.8 cm³/mol. The molecule has 0 aromatic rings. The van der Waals surface area contributed by atoms with Crippen LogP contribution in [0.2, 0.25) is 0 Å². The van der Waals surface area contributed by atoms with E-state index in [0.717, 1.165) is 25.7 Å². The molecule has 1 saturated heterocycles. The molecule has 3 nitrogen and oxygen atoms in total. The Morgan fingerprint density at radius 3 is 2.12 bits per heavy atom. The minimum absolute atomic E-state index is 0.0317. The number of rotatable bonds is 5. The van der Waals surface area contributed by atoms with Crippen LogP contribution >= 0.6 is 11.8 Å². The third kappa shape index (κ3) is 2.72. The number of hydrogen-bond acceptors (Lipinski definition) is 3. The molecular weight excluding hydrogens is 222 g/mol. The van der Waals surface area contributed by atoms with Gasteiger partial charge in [0.25, 0.3) is 0 Å². The van der Waals surface area contributed by atoms with E-state index in [4.69, 9.17) is 0 Å². The first-order chi connectivity index (χ1) is 7.37. The maximum absolute atomic E-state index is 11.2. The summed E-state index contributed by atoms with van der Waals surface area (Å²) >= 11 is 1.81. The third-order valence-electron chi connectivity index (χ3n) is 3.12. The van der Waals surface area contributed by atoms with Crippen LogP contribution in [-0.4, -0.2) is 26.7 Å². The summed E-state index contributed by atoms with van der Waals surface area (Å²) in [6, 6.07) is -0.435. The van der Waals surface area contributed by atoms with Crippen LogP contribution in [0.5, 0.6) is 0 Å². The van der Waals surface area contributed by atoms with Crippen LogP contribution in [0, 0.1) is 0 Å². The van der Waals surface area contributed by atoms with E-state index in [9.17, 15) is 9.90 Å². The standard InChI is InChI=1S/C12H23NO2S/c1-5-7-12(8-6-2)13-9(10(14)15)11(3,4)16-12/h9,13H,5-8H2,1-4H3,(H,14,15). The summed E-state index contributed by atoms with van der Waals surface area (Å²) in [4.78, 5) is 11.2. The van der Waals surface area contributed by atoms with Crippen LogP contribution < -0.4 is 5.32 Å². The molecule has 0 saturated carbocycles. The minimum atomic E-state index is -0.730. The molecule has 0 aliphatic carbocycles. The van der Waals surface area contributed by atoms with Gasteiger partial charge in [-0.2, -0.15) is 0 Å². The second-order valence-electron chi connectivity index (χ2n) is 5.12. The summed E-state index contributed by atoms with van der Waals surface area (Å²) in [6.07, 6.45) is 4.25. The van der Waals surface area contributed by atoms with Gasteiger partial charge >= 0.3 is 5.97 Å². The summed E-state index contributed by atoms with van der Waals surface area (Å²) in [6.45, 7) is 8.36. The molecule has 4 heteroatoms. The van der Waals surface area contributed by atoms with Crippen molar-refractivity contribution in [3.8, 4) is 0 Å². The Balaban J connectivity index is 2.88. The lowest BCUT2D eigenvalue weighted by atomic mass is 10.00. The van der Waals surface area contributed by atoms with Gasteiger partial charge in [0, 0.05) is 4.75 Å². The summed E-state index contributed by atoms with van der Waals surface area (Å²) < 4.78 is -0.226. The van der Waals surface area contributed by atoms with E-state index in [1.807, 2.05) is 25.6 Å². The number of aliphatic carboxylic acids is 1. The van der Waals surface area contributed by atoms with Crippen LogP contribution in [0.15, 0.2) is 0 Å². The molecule has 1 aliphatic heterocycles. The highest BCUT2D eigenvalue weighted by Gasteiger charge is 2.52. The molecule has 1 aliphatic rings. The molecule has 1 atom stereocenters. The number of carboxylic acid groups (broad SMARTS) is 1. The second-order valence-corrected chi connectivity index (χ2v) is 7.15. The van der Waals surface area contributed by atoms with Crippen molar-refractivity contribution in [3.63, 3.8) is 0 Å². The lowest BCUT2D eigenvalue weighted by Crippen LogP contribution is -2.48. The second kappa shape index (κ2) is 4.96. The molecule has 94 valence electrons. The van der Waals surface area contributed by atoms with Crippen molar-refractivity contribution in [1.29, 1.82) is 0 Å². The van der Waals surface area contributed by atoms with Crippen molar-refractivity contribution < 1.29 is 9.90 Å². The Morgan fingerprint density at radius 1 is 1.31 bits per heavy atom. The Hall–Kier alpha value is -0.220. The third-order valence-corrected chi connectivity index (χ3v) is 4.79. The average Bonchev–Trinajstić information content (AvgIpc) is 2.38. The number of carboxylic acids is 1. The van der Waals surface area contributed by atoms with Crippen molar-refractivity contribution in [1.82, 2.24) is 5.32 Å². The van der Waals surface area contributed by atoms with Gasteiger partial charge < -0.3 is 5.11 Å². The van der Waals surface area contributed by atoms with Gasteiger partial charge in [-0.05, 0) is 26.7 Å². The van der Waals surface area contributed by atoms with Crippen molar-refractivity contribution in [3.05, 3.63) is 0 Å². The largest absolute Gasteiger partial charge is 0.480 e. The van der Waals surface area contributed by atoms with Crippen LogP contribution in [-0.2, 0) is 4.79 Å². The van der Waals surface area contributed by atoms with E-state index in [0.29, 0.717) is 0 Å². The molecule has 0 aromatic heterocycles. The highest BCUT2D eigenvalue weighted by atomic mass is 32.2. The summed E-state index contributed by atoms with van der Waals surface area (Å²) in [5.74, 6) is -0.730. The van der Waals surface area contributed by atoms with Crippen molar-refractivity contribution in [2.45, 2.75) is 69.0 Å². The fourth-order valence-corrected chi connectivity index (χ4v) is 4.64. The zero-order valence-electron chi connectivity index (χ0n) is 10.7. The minimum Gasteiger partial charge on any atom is -0.480 e. The zero-order chi connectivity index (χ0) is 12.4. The summed E-state index contributed by atoms with van der Waals surface area (Å²) in [5.41, 5.74) is 0. The molecule has 2 N–H and O–H groups in total. The van der Waals surface area contributed by atoms with Crippen LogP contribution in [0.4, 0.5) is 0 Å². The molecule has 0 bridgehead atoms. The normalized spacial score (nSPS) is 26.9. The number of nitrogens with one attached hydrogen (secondary N) is 1. The molecule has 16 heavy (non-hydrogen) atoms.